The second-order valence-corrected chi connectivity index (χ2v) is 6.13. The van der Waals surface area contributed by atoms with Crippen molar-refractivity contribution >= 4 is 11.8 Å². The van der Waals surface area contributed by atoms with E-state index in [4.69, 9.17) is 4.52 Å². The van der Waals surface area contributed by atoms with Crippen molar-refractivity contribution in [1.29, 1.82) is 0 Å². The fraction of sp³-hybridized carbons (Fsp3) is 0.389. The van der Waals surface area contributed by atoms with E-state index in [1.54, 1.807) is 18.7 Å². The maximum absolute atomic E-state index is 12.5. The van der Waals surface area contributed by atoms with Crippen molar-refractivity contribution in [2.75, 3.05) is 6.54 Å². The largest absolute Gasteiger partial charge is 0.361 e. The maximum atomic E-state index is 12.5. The smallest absolute Gasteiger partial charge is 0.245 e. The van der Waals surface area contributed by atoms with Crippen molar-refractivity contribution in [3.8, 4) is 0 Å². The molecule has 24 heavy (non-hydrogen) atoms. The van der Waals surface area contributed by atoms with Crippen LogP contribution in [0.3, 0.4) is 0 Å². The van der Waals surface area contributed by atoms with Crippen LogP contribution >= 0.6 is 0 Å². The normalized spacial score (nSPS) is 17.3. The van der Waals surface area contributed by atoms with Crippen LogP contribution in [-0.4, -0.2) is 34.5 Å². The number of hydrogen-bond donors (Lipinski definition) is 1. The number of aromatic nitrogens is 1. The molecule has 1 aromatic carbocycles. The Kier molecular flexibility index (Phi) is 4.64. The zero-order chi connectivity index (χ0) is 17.1. The lowest BCUT2D eigenvalue weighted by molar-refractivity contribution is -0.132. The molecule has 1 atom stereocenters. The molecule has 6 nitrogen and oxygen atoms in total. The van der Waals surface area contributed by atoms with E-state index >= 15 is 0 Å². The van der Waals surface area contributed by atoms with Crippen LogP contribution < -0.4 is 5.32 Å². The molecule has 1 fully saturated rings. The highest BCUT2D eigenvalue weighted by Gasteiger charge is 2.32. The molecule has 2 amide bonds. The Morgan fingerprint density at radius 1 is 1.33 bits per heavy atom. The fourth-order valence-corrected chi connectivity index (χ4v) is 2.99. The van der Waals surface area contributed by atoms with E-state index in [-0.39, 0.29) is 18.2 Å². The van der Waals surface area contributed by atoms with Crippen LogP contribution in [0.15, 0.2) is 34.9 Å². The van der Waals surface area contributed by atoms with Gasteiger partial charge in [-0.3, -0.25) is 9.59 Å². The Morgan fingerprint density at radius 3 is 2.75 bits per heavy atom. The second-order valence-electron chi connectivity index (χ2n) is 6.13. The zero-order valence-electron chi connectivity index (χ0n) is 13.9. The molecule has 0 spiro atoms. The third kappa shape index (κ3) is 3.48. The minimum Gasteiger partial charge on any atom is -0.361 e. The minimum absolute atomic E-state index is 0.0223. The molecule has 1 aliphatic heterocycles. The monoisotopic (exact) mass is 327 g/mol. The van der Waals surface area contributed by atoms with Crippen molar-refractivity contribution in [3.63, 3.8) is 0 Å². The number of amides is 2. The van der Waals surface area contributed by atoms with Crippen molar-refractivity contribution in [2.45, 2.75) is 39.3 Å². The molecule has 126 valence electrons. The van der Waals surface area contributed by atoms with Crippen LogP contribution in [0.2, 0.25) is 0 Å². The molecular formula is C18H21N3O3. The van der Waals surface area contributed by atoms with Crippen molar-refractivity contribution in [3.05, 3.63) is 52.9 Å². The van der Waals surface area contributed by atoms with Gasteiger partial charge in [-0.15, -0.1) is 0 Å². The summed E-state index contributed by atoms with van der Waals surface area (Å²) in [7, 11) is 0. The molecular weight excluding hydrogens is 306 g/mol. The van der Waals surface area contributed by atoms with E-state index in [0.29, 0.717) is 31.0 Å². The number of benzene rings is 1. The highest BCUT2D eigenvalue weighted by Crippen LogP contribution is 2.16. The molecule has 1 unspecified atom stereocenters. The number of carbonyl (C=O) groups is 2. The summed E-state index contributed by atoms with van der Waals surface area (Å²) in [5, 5.41) is 6.68. The first-order chi connectivity index (χ1) is 11.5. The molecule has 2 heterocycles. The topological polar surface area (TPSA) is 75.4 Å². The van der Waals surface area contributed by atoms with Gasteiger partial charge in [0.2, 0.25) is 11.8 Å². The van der Waals surface area contributed by atoms with Gasteiger partial charge < -0.3 is 14.7 Å². The van der Waals surface area contributed by atoms with E-state index in [0.717, 1.165) is 11.1 Å². The highest BCUT2D eigenvalue weighted by atomic mass is 16.5. The van der Waals surface area contributed by atoms with Crippen LogP contribution in [0, 0.1) is 13.8 Å². The predicted molar refractivity (Wildman–Crippen MR) is 88.1 cm³/mol. The Morgan fingerprint density at radius 2 is 2.08 bits per heavy atom. The Labute approximate surface area is 140 Å². The van der Waals surface area contributed by atoms with Crippen LogP contribution in [0.5, 0.6) is 0 Å². The molecule has 0 aliphatic carbocycles. The summed E-state index contributed by atoms with van der Waals surface area (Å²) in [6.45, 7) is 4.83. The highest BCUT2D eigenvalue weighted by molar-refractivity contribution is 5.89. The SMILES string of the molecule is Cc1noc(C)c1CC(=O)NC1CCN(Cc2ccccc2)C1=O. The van der Waals surface area contributed by atoms with E-state index in [1.165, 1.54) is 0 Å². The number of nitrogens with one attached hydrogen (secondary N) is 1. The molecule has 0 saturated carbocycles. The Balaban J connectivity index is 1.56. The molecule has 2 aromatic rings. The third-order valence-electron chi connectivity index (χ3n) is 4.37. The number of aryl methyl sites for hydroxylation is 2. The summed E-state index contributed by atoms with van der Waals surface area (Å²) in [5.74, 6) is 0.446. The molecule has 1 aliphatic rings. The number of likely N-dealkylation sites (tertiary alicyclic amines) is 1. The second kappa shape index (κ2) is 6.86. The number of hydrogen-bond acceptors (Lipinski definition) is 4. The summed E-state index contributed by atoms with van der Waals surface area (Å²) in [6, 6.07) is 9.42. The van der Waals surface area contributed by atoms with E-state index in [1.807, 2.05) is 30.3 Å². The van der Waals surface area contributed by atoms with Crippen LogP contribution in [-0.2, 0) is 22.6 Å². The van der Waals surface area contributed by atoms with E-state index in [9.17, 15) is 9.59 Å². The number of rotatable bonds is 5. The average molecular weight is 327 g/mol. The van der Waals surface area contributed by atoms with Gasteiger partial charge in [-0.05, 0) is 25.8 Å². The lowest BCUT2D eigenvalue weighted by Gasteiger charge is -2.17. The van der Waals surface area contributed by atoms with Gasteiger partial charge in [0.25, 0.3) is 0 Å². The van der Waals surface area contributed by atoms with Gasteiger partial charge in [0, 0.05) is 18.7 Å². The molecule has 6 heteroatoms. The van der Waals surface area contributed by atoms with Gasteiger partial charge in [0.15, 0.2) is 0 Å². The van der Waals surface area contributed by atoms with Crippen molar-refractivity contribution < 1.29 is 14.1 Å². The minimum atomic E-state index is -0.443. The zero-order valence-corrected chi connectivity index (χ0v) is 13.9. The van der Waals surface area contributed by atoms with E-state index < -0.39 is 6.04 Å². The first-order valence-corrected chi connectivity index (χ1v) is 8.08. The van der Waals surface area contributed by atoms with Gasteiger partial charge in [0.05, 0.1) is 12.1 Å². The van der Waals surface area contributed by atoms with Gasteiger partial charge in [-0.1, -0.05) is 35.5 Å². The lowest BCUT2D eigenvalue weighted by atomic mass is 10.1. The summed E-state index contributed by atoms with van der Waals surface area (Å²) in [5.41, 5.74) is 2.60. The average Bonchev–Trinajstić information content (AvgIpc) is 3.07. The van der Waals surface area contributed by atoms with E-state index in [2.05, 4.69) is 10.5 Å². The Hall–Kier alpha value is -2.63. The molecule has 3 rings (SSSR count). The quantitative estimate of drug-likeness (QED) is 0.908. The van der Waals surface area contributed by atoms with Crippen molar-refractivity contribution in [1.82, 2.24) is 15.4 Å². The van der Waals surface area contributed by atoms with Crippen LogP contribution in [0.4, 0.5) is 0 Å². The predicted octanol–water partition coefficient (Wildman–Crippen LogP) is 1.75. The third-order valence-corrected chi connectivity index (χ3v) is 4.37. The molecule has 0 radical (unpaired) electrons. The molecule has 1 saturated heterocycles. The van der Waals surface area contributed by atoms with Gasteiger partial charge >= 0.3 is 0 Å². The summed E-state index contributed by atoms with van der Waals surface area (Å²) in [6.07, 6.45) is 0.822. The van der Waals surface area contributed by atoms with Crippen LogP contribution in [0.25, 0.3) is 0 Å². The summed E-state index contributed by atoms with van der Waals surface area (Å²) in [4.78, 5) is 26.5. The van der Waals surface area contributed by atoms with Gasteiger partial charge in [0.1, 0.15) is 11.8 Å². The van der Waals surface area contributed by atoms with Gasteiger partial charge in [-0.25, -0.2) is 0 Å². The summed E-state index contributed by atoms with van der Waals surface area (Å²) >= 11 is 0. The fourth-order valence-electron chi connectivity index (χ4n) is 2.99. The number of nitrogens with zero attached hydrogens (tertiary/aromatic N) is 2. The maximum Gasteiger partial charge on any atom is 0.245 e. The lowest BCUT2D eigenvalue weighted by Crippen LogP contribution is -2.42. The van der Waals surface area contributed by atoms with Gasteiger partial charge in [-0.2, -0.15) is 0 Å². The number of carbonyl (C=O) groups excluding carboxylic acids is 2. The van der Waals surface area contributed by atoms with Crippen LogP contribution in [0.1, 0.15) is 29.0 Å². The standard InChI is InChI=1S/C18H21N3O3/c1-12-15(13(2)24-20-12)10-17(22)19-16-8-9-21(18(16)23)11-14-6-4-3-5-7-14/h3-7,16H,8-11H2,1-2H3,(H,19,22). The van der Waals surface area contributed by atoms with Crippen molar-refractivity contribution in [2.24, 2.45) is 0 Å². The Bertz CT molecular complexity index is 720. The molecule has 0 bridgehead atoms. The summed E-state index contributed by atoms with van der Waals surface area (Å²) < 4.78 is 5.07. The molecule has 1 aromatic heterocycles. The first kappa shape index (κ1) is 16.2. The molecule has 1 N–H and O–H groups in total. The first-order valence-electron chi connectivity index (χ1n) is 8.08.